The second-order valence-electron chi connectivity index (χ2n) is 5.45. The summed E-state index contributed by atoms with van der Waals surface area (Å²) in [6.07, 6.45) is 0. The van der Waals surface area contributed by atoms with E-state index in [1.807, 2.05) is 0 Å². The smallest absolute Gasteiger partial charge is 0.270 e. The van der Waals surface area contributed by atoms with Crippen LogP contribution in [0.1, 0.15) is 27.6 Å². The lowest BCUT2D eigenvalue weighted by Crippen LogP contribution is -2.51. The first-order valence-electron chi connectivity index (χ1n) is 7.69. The quantitative estimate of drug-likeness (QED) is 0.529. The van der Waals surface area contributed by atoms with Crippen LogP contribution in [-0.4, -0.2) is 28.7 Å². The summed E-state index contributed by atoms with van der Waals surface area (Å²) < 4.78 is 0. The van der Waals surface area contributed by atoms with Crippen LogP contribution < -0.4 is 16.2 Å². The van der Waals surface area contributed by atoms with Crippen molar-refractivity contribution in [2.75, 3.05) is 0 Å². The third-order valence-corrected chi connectivity index (χ3v) is 3.72. The van der Waals surface area contributed by atoms with Gasteiger partial charge in [0, 0.05) is 28.3 Å². The molecule has 2 rings (SSSR count). The highest BCUT2D eigenvalue weighted by molar-refractivity contribution is 6.30. The molecule has 9 nitrogen and oxygen atoms in total. The number of benzene rings is 2. The number of nitrogens with one attached hydrogen (secondary N) is 3. The molecule has 0 aliphatic rings. The normalized spacial score (nSPS) is 11.2. The van der Waals surface area contributed by atoms with E-state index in [1.165, 1.54) is 49.4 Å². The van der Waals surface area contributed by atoms with Gasteiger partial charge in [-0.25, -0.2) is 0 Å². The Bertz CT molecular complexity index is 885. The van der Waals surface area contributed by atoms with Crippen LogP contribution in [0.15, 0.2) is 48.5 Å². The highest BCUT2D eigenvalue weighted by atomic mass is 35.5. The maximum atomic E-state index is 12.1. The summed E-state index contributed by atoms with van der Waals surface area (Å²) in [5, 5.41) is 13.6. The summed E-state index contributed by atoms with van der Waals surface area (Å²) in [6, 6.07) is 10.1. The predicted octanol–water partition coefficient (Wildman–Crippen LogP) is 1.83. The summed E-state index contributed by atoms with van der Waals surface area (Å²) >= 11 is 5.73. The van der Waals surface area contributed by atoms with Gasteiger partial charge in [0.25, 0.3) is 23.4 Å². The van der Waals surface area contributed by atoms with E-state index in [1.54, 1.807) is 0 Å². The van der Waals surface area contributed by atoms with Crippen molar-refractivity contribution >= 4 is 35.0 Å². The van der Waals surface area contributed by atoms with Crippen molar-refractivity contribution in [3.05, 3.63) is 74.8 Å². The Kier molecular flexibility index (Phi) is 6.45. The van der Waals surface area contributed by atoms with Gasteiger partial charge in [-0.1, -0.05) is 17.7 Å². The highest BCUT2D eigenvalue weighted by Crippen LogP contribution is 2.13. The van der Waals surface area contributed by atoms with Gasteiger partial charge in [-0.2, -0.15) is 0 Å². The van der Waals surface area contributed by atoms with E-state index in [-0.39, 0.29) is 16.8 Å². The summed E-state index contributed by atoms with van der Waals surface area (Å²) in [6.45, 7) is 1.40. The summed E-state index contributed by atoms with van der Waals surface area (Å²) in [5.74, 6) is -1.89. The lowest BCUT2D eigenvalue weighted by atomic mass is 10.1. The first kappa shape index (κ1) is 19.9. The molecule has 3 N–H and O–H groups in total. The molecule has 27 heavy (non-hydrogen) atoms. The molecule has 0 aliphatic heterocycles. The molecule has 0 fully saturated rings. The second kappa shape index (κ2) is 8.77. The van der Waals surface area contributed by atoms with E-state index in [4.69, 9.17) is 11.6 Å². The molecule has 140 valence electrons. The molecule has 0 bridgehead atoms. The predicted molar refractivity (Wildman–Crippen MR) is 97.1 cm³/mol. The van der Waals surface area contributed by atoms with E-state index >= 15 is 0 Å². The van der Waals surface area contributed by atoms with E-state index in [0.717, 1.165) is 6.07 Å². The Hall–Kier alpha value is -3.46. The van der Waals surface area contributed by atoms with E-state index in [0.29, 0.717) is 5.02 Å². The van der Waals surface area contributed by atoms with Crippen molar-refractivity contribution in [2.45, 2.75) is 13.0 Å². The zero-order valence-corrected chi connectivity index (χ0v) is 14.8. The fourth-order valence-corrected chi connectivity index (χ4v) is 2.13. The second-order valence-corrected chi connectivity index (χ2v) is 5.89. The van der Waals surface area contributed by atoms with Gasteiger partial charge in [-0.3, -0.25) is 35.3 Å². The number of nitrogens with zero attached hydrogens (tertiary/aromatic N) is 1. The fraction of sp³-hybridized carbons (Fsp3) is 0.118. The SMILES string of the molecule is C[C@H](NC(=O)c1cccc([N+](=O)[O-])c1)C(=O)NNC(=O)c1ccc(Cl)cc1. The van der Waals surface area contributed by atoms with E-state index < -0.39 is 28.7 Å². The van der Waals surface area contributed by atoms with Crippen LogP contribution in [0.4, 0.5) is 5.69 Å². The number of carbonyl (C=O) groups is 3. The molecule has 1 atom stereocenters. The van der Waals surface area contributed by atoms with Gasteiger partial charge in [-0.05, 0) is 37.3 Å². The van der Waals surface area contributed by atoms with Gasteiger partial charge >= 0.3 is 0 Å². The number of nitro benzene ring substituents is 1. The molecule has 0 heterocycles. The third kappa shape index (κ3) is 5.51. The van der Waals surface area contributed by atoms with Crippen LogP contribution in [0.5, 0.6) is 0 Å². The van der Waals surface area contributed by atoms with Gasteiger partial charge in [0.15, 0.2) is 0 Å². The molecule has 10 heteroatoms. The average Bonchev–Trinajstić information content (AvgIpc) is 2.66. The van der Waals surface area contributed by atoms with Crippen molar-refractivity contribution in [1.29, 1.82) is 0 Å². The molecule has 0 aromatic heterocycles. The minimum atomic E-state index is -0.998. The van der Waals surface area contributed by atoms with Crippen LogP contribution in [0.2, 0.25) is 5.02 Å². The largest absolute Gasteiger partial charge is 0.340 e. The molecule has 0 spiro atoms. The van der Waals surface area contributed by atoms with Crippen LogP contribution in [0.25, 0.3) is 0 Å². The fourth-order valence-electron chi connectivity index (χ4n) is 2.01. The van der Waals surface area contributed by atoms with E-state index in [9.17, 15) is 24.5 Å². The van der Waals surface area contributed by atoms with Gasteiger partial charge < -0.3 is 5.32 Å². The third-order valence-electron chi connectivity index (χ3n) is 3.47. The van der Waals surface area contributed by atoms with Gasteiger partial charge in [0.05, 0.1) is 4.92 Å². The van der Waals surface area contributed by atoms with Gasteiger partial charge in [0.1, 0.15) is 6.04 Å². The number of hydrazine groups is 1. The Labute approximate surface area is 158 Å². The first-order chi connectivity index (χ1) is 12.8. The number of hydrogen-bond acceptors (Lipinski definition) is 5. The Morgan fingerprint density at radius 2 is 1.67 bits per heavy atom. The first-order valence-corrected chi connectivity index (χ1v) is 8.07. The van der Waals surface area contributed by atoms with Crippen LogP contribution in [0.3, 0.4) is 0 Å². The van der Waals surface area contributed by atoms with E-state index in [2.05, 4.69) is 16.2 Å². The Balaban J connectivity index is 1.90. The molecule has 0 saturated carbocycles. The minimum Gasteiger partial charge on any atom is -0.340 e. The summed E-state index contributed by atoms with van der Waals surface area (Å²) in [5.41, 5.74) is 4.48. The Morgan fingerprint density at radius 1 is 1.00 bits per heavy atom. The molecular weight excluding hydrogens is 376 g/mol. The standard InChI is InChI=1S/C17H15ClN4O5/c1-10(19-16(24)12-3-2-4-14(9-12)22(26)27)15(23)20-21-17(25)11-5-7-13(18)8-6-11/h2-10H,1H3,(H,19,24)(H,20,23)(H,21,25)/t10-/m0/s1. The molecule has 2 aromatic carbocycles. The van der Waals surface area contributed by atoms with Crippen molar-refractivity contribution in [3.8, 4) is 0 Å². The monoisotopic (exact) mass is 390 g/mol. The molecule has 0 radical (unpaired) electrons. The maximum Gasteiger partial charge on any atom is 0.270 e. The van der Waals surface area contributed by atoms with Crippen LogP contribution in [-0.2, 0) is 4.79 Å². The summed E-state index contributed by atoms with van der Waals surface area (Å²) in [4.78, 5) is 46.2. The van der Waals surface area contributed by atoms with Crippen molar-refractivity contribution in [2.24, 2.45) is 0 Å². The average molecular weight is 391 g/mol. The van der Waals surface area contributed by atoms with Gasteiger partial charge in [0.2, 0.25) is 0 Å². The highest BCUT2D eigenvalue weighted by Gasteiger charge is 2.19. The number of carbonyl (C=O) groups excluding carboxylic acids is 3. The number of rotatable bonds is 5. The summed E-state index contributed by atoms with van der Waals surface area (Å²) in [7, 11) is 0. The van der Waals surface area contributed by atoms with Crippen molar-refractivity contribution in [3.63, 3.8) is 0 Å². The topological polar surface area (TPSA) is 130 Å². The van der Waals surface area contributed by atoms with Crippen LogP contribution >= 0.6 is 11.6 Å². The zero-order chi connectivity index (χ0) is 20.0. The van der Waals surface area contributed by atoms with Gasteiger partial charge in [-0.15, -0.1) is 0 Å². The van der Waals surface area contributed by atoms with Crippen molar-refractivity contribution < 1.29 is 19.3 Å². The minimum absolute atomic E-state index is 0.0362. The Morgan fingerprint density at radius 3 is 2.30 bits per heavy atom. The number of non-ortho nitro benzene ring substituents is 1. The molecule has 0 saturated heterocycles. The molecule has 3 amide bonds. The van der Waals surface area contributed by atoms with Crippen molar-refractivity contribution in [1.82, 2.24) is 16.2 Å². The number of nitro groups is 1. The molecule has 0 aliphatic carbocycles. The zero-order valence-electron chi connectivity index (χ0n) is 14.1. The number of amides is 3. The number of halogens is 1. The maximum absolute atomic E-state index is 12.1. The molecule has 0 unspecified atom stereocenters. The lowest BCUT2D eigenvalue weighted by molar-refractivity contribution is -0.384. The molecular formula is C17H15ClN4O5. The lowest BCUT2D eigenvalue weighted by Gasteiger charge is -2.14. The molecule has 2 aromatic rings. The number of hydrogen-bond donors (Lipinski definition) is 3. The van der Waals surface area contributed by atoms with Crippen LogP contribution in [0, 0.1) is 10.1 Å².